The largest absolute Gasteiger partial charge is 0.419 e. The van der Waals surface area contributed by atoms with Gasteiger partial charge in [-0.2, -0.15) is 0 Å². The average molecular weight is 325 g/mol. The minimum Gasteiger partial charge on any atom is -0.408 e. The third-order valence-corrected chi connectivity index (χ3v) is 3.93. The molecule has 6 heteroatoms. The Morgan fingerprint density at radius 2 is 2.00 bits per heavy atom. The number of anilines is 1. The molecule has 1 N–H and O–H groups in total. The highest BCUT2D eigenvalue weighted by Gasteiger charge is 2.09. The van der Waals surface area contributed by atoms with Crippen LogP contribution in [0.25, 0.3) is 11.1 Å². The molecule has 0 fully saturated rings. The van der Waals surface area contributed by atoms with Gasteiger partial charge in [0.05, 0.1) is 5.52 Å². The predicted octanol–water partition coefficient (Wildman–Crippen LogP) is 2.13. The maximum absolute atomic E-state index is 12.3. The SMILES string of the molecule is CN(C)c1cccc(C(=O)NCc2ccc3c(c2)oc(=O)n3C)c1. The van der Waals surface area contributed by atoms with Gasteiger partial charge in [-0.1, -0.05) is 12.1 Å². The van der Waals surface area contributed by atoms with Crippen molar-refractivity contribution in [3.63, 3.8) is 0 Å². The fraction of sp³-hybridized carbons (Fsp3) is 0.222. The van der Waals surface area contributed by atoms with Crippen LogP contribution in [0.5, 0.6) is 0 Å². The van der Waals surface area contributed by atoms with Gasteiger partial charge in [0, 0.05) is 38.9 Å². The highest BCUT2D eigenvalue weighted by atomic mass is 16.4. The Labute approximate surface area is 139 Å². The molecule has 3 rings (SSSR count). The third-order valence-electron chi connectivity index (χ3n) is 3.93. The minimum absolute atomic E-state index is 0.145. The molecule has 0 aliphatic rings. The van der Waals surface area contributed by atoms with Crippen molar-refractivity contribution < 1.29 is 9.21 Å². The van der Waals surface area contributed by atoms with E-state index in [0.29, 0.717) is 17.7 Å². The lowest BCUT2D eigenvalue weighted by Gasteiger charge is -2.13. The summed E-state index contributed by atoms with van der Waals surface area (Å²) in [7, 11) is 5.52. The van der Waals surface area contributed by atoms with E-state index < -0.39 is 5.76 Å². The van der Waals surface area contributed by atoms with Gasteiger partial charge in [-0.3, -0.25) is 9.36 Å². The molecule has 2 aromatic carbocycles. The van der Waals surface area contributed by atoms with Gasteiger partial charge in [-0.15, -0.1) is 0 Å². The number of benzene rings is 2. The number of fused-ring (bicyclic) bond motifs is 1. The Morgan fingerprint density at radius 3 is 2.75 bits per heavy atom. The Kier molecular flexibility index (Phi) is 4.12. The summed E-state index contributed by atoms with van der Waals surface area (Å²) in [5.41, 5.74) is 3.69. The summed E-state index contributed by atoms with van der Waals surface area (Å²) in [5.74, 6) is -0.542. The molecule has 0 saturated heterocycles. The van der Waals surface area contributed by atoms with Crippen LogP contribution in [0.4, 0.5) is 5.69 Å². The zero-order valence-corrected chi connectivity index (χ0v) is 13.9. The normalized spacial score (nSPS) is 10.8. The van der Waals surface area contributed by atoms with Gasteiger partial charge >= 0.3 is 5.76 Å². The van der Waals surface area contributed by atoms with E-state index >= 15 is 0 Å². The lowest BCUT2D eigenvalue weighted by Crippen LogP contribution is -2.23. The quantitative estimate of drug-likeness (QED) is 0.798. The van der Waals surface area contributed by atoms with Gasteiger partial charge in [-0.05, 0) is 35.9 Å². The number of hydrogen-bond acceptors (Lipinski definition) is 4. The van der Waals surface area contributed by atoms with Crippen molar-refractivity contribution in [1.29, 1.82) is 0 Å². The Morgan fingerprint density at radius 1 is 1.21 bits per heavy atom. The van der Waals surface area contributed by atoms with Crippen LogP contribution in [0.2, 0.25) is 0 Å². The molecule has 0 atom stereocenters. The van der Waals surface area contributed by atoms with Gasteiger partial charge in [0.15, 0.2) is 5.58 Å². The Hall–Kier alpha value is -3.02. The van der Waals surface area contributed by atoms with E-state index in [2.05, 4.69) is 5.32 Å². The van der Waals surface area contributed by atoms with Crippen molar-refractivity contribution in [1.82, 2.24) is 9.88 Å². The van der Waals surface area contributed by atoms with Crippen LogP contribution in [-0.4, -0.2) is 24.6 Å². The first-order valence-electron chi connectivity index (χ1n) is 7.60. The van der Waals surface area contributed by atoms with E-state index in [-0.39, 0.29) is 5.91 Å². The molecule has 0 unspecified atom stereocenters. The van der Waals surface area contributed by atoms with Gasteiger partial charge in [0.25, 0.3) is 5.91 Å². The van der Waals surface area contributed by atoms with E-state index in [1.165, 1.54) is 4.57 Å². The van der Waals surface area contributed by atoms with E-state index in [1.54, 1.807) is 19.2 Å². The number of nitrogens with one attached hydrogen (secondary N) is 1. The monoisotopic (exact) mass is 325 g/mol. The van der Waals surface area contributed by atoms with Crippen molar-refractivity contribution in [2.24, 2.45) is 7.05 Å². The third kappa shape index (κ3) is 3.03. The highest BCUT2D eigenvalue weighted by molar-refractivity contribution is 5.95. The van der Waals surface area contributed by atoms with Crippen LogP contribution >= 0.6 is 0 Å². The van der Waals surface area contributed by atoms with Crippen molar-refractivity contribution in [3.8, 4) is 0 Å². The number of rotatable bonds is 4. The molecule has 3 aromatic rings. The van der Waals surface area contributed by atoms with Crippen LogP contribution in [0.1, 0.15) is 15.9 Å². The minimum atomic E-state index is -0.397. The molecular weight excluding hydrogens is 306 g/mol. The smallest absolute Gasteiger partial charge is 0.408 e. The summed E-state index contributed by atoms with van der Waals surface area (Å²) in [6.45, 7) is 0.361. The molecule has 124 valence electrons. The zero-order chi connectivity index (χ0) is 17.3. The molecule has 6 nitrogen and oxygen atoms in total. The molecule has 1 amide bonds. The van der Waals surface area contributed by atoms with Crippen molar-refractivity contribution >= 4 is 22.7 Å². The summed E-state index contributed by atoms with van der Waals surface area (Å²) in [6.07, 6.45) is 0. The molecule has 0 bridgehead atoms. The van der Waals surface area contributed by atoms with Crippen molar-refractivity contribution in [2.75, 3.05) is 19.0 Å². The van der Waals surface area contributed by atoms with Crippen molar-refractivity contribution in [3.05, 3.63) is 64.1 Å². The topological polar surface area (TPSA) is 67.5 Å². The molecule has 0 saturated carbocycles. The lowest BCUT2D eigenvalue weighted by atomic mass is 10.1. The molecule has 0 spiro atoms. The zero-order valence-electron chi connectivity index (χ0n) is 13.9. The number of oxazole rings is 1. The first-order chi connectivity index (χ1) is 11.5. The van der Waals surface area contributed by atoms with Crippen LogP contribution < -0.4 is 16.0 Å². The molecule has 0 aliphatic carbocycles. The first-order valence-corrected chi connectivity index (χ1v) is 7.60. The number of hydrogen-bond donors (Lipinski definition) is 1. The van der Waals surface area contributed by atoms with E-state index in [4.69, 9.17) is 4.42 Å². The summed E-state index contributed by atoms with van der Waals surface area (Å²) >= 11 is 0. The van der Waals surface area contributed by atoms with E-state index in [0.717, 1.165) is 16.8 Å². The summed E-state index contributed by atoms with van der Waals surface area (Å²) in [4.78, 5) is 25.8. The van der Waals surface area contributed by atoms with Crippen LogP contribution in [0, 0.1) is 0 Å². The van der Waals surface area contributed by atoms with Gasteiger partial charge < -0.3 is 14.6 Å². The molecule has 1 aromatic heterocycles. The maximum atomic E-state index is 12.3. The van der Waals surface area contributed by atoms with Gasteiger partial charge in [0.2, 0.25) is 0 Å². The average Bonchev–Trinajstić information content (AvgIpc) is 2.86. The van der Waals surface area contributed by atoms with Crippen LogP contribution in [-0.2, 0) is 13.6 Å². The van der Waals surface area contributed by atoms with Crippen LogP contribution in [0.3, 0.4) is 0 Å². The Bertz CT molecular complexity index is 954. The molecule has 0 radical (unpaired) electrons. The summed E-state index contributed by atoms with van der Waals surface area (Å²) in [6, 6.07) is 12.9. The highest BCUT2D eigenvalue weighted by Crippen LogP contribution is 2.15. The number of nitrogens with zero attached hydrogens (tertiary/aromatic N) is 2. The first kappa shape index (κ1) is 15.9. The second-order valence-electron chi connectivity index (χ2n) is 5.86. The molecular formula is C18H19N3O3. The fourth-order valence-corrected chi connectivity index (χ4v) is 2.50. The number of carbonyl (C=O) groups excluding carboxylic acids is 1. The van der Waals surface area contributed by atoms with Gasteiger partial charge in [-0.25, -0.2) is 4.79 Å². The van der Waals surface area contributed by atoms with Crippen molar-refractivity contribution in [2.45, 2.75) is 6.54 Å². The second-order valence-corrected chi connectivity index (χ2v) is 5.86. The van der Waals surface area contributed by atoms with Crippen LogP contribution in [0.15, 0.2) is 51.7 Å². The molecule has 1 heterocycles. The number of aromatic nitrogens is 1. The Balaban J connectivity index is 1.74. The predicted molar refractivity (Wildman–Crippen MR) is 93.4 cm³/mol. The lowest BCUT2D eigenvalue weighted by molar-refractivity contribution is 0.0951. The van der Waals surface area contributed by atoms with E-state index in [9.17, 15) is 9.59 Å². The standard InChI is InChI=1S/C18H19N3O3/c1-20(2)14-6-4-5-13(10-14)17(22)19-11-12-7-8-15-16(9-12)24-18(23)21(15)3/h4-10H,11H2,1-3H3,(H,19,22). The van der Waals surface area contributed by atoms with Gasteiger partial charge in [0.1, 0.15) is 0 Å². The fourth-order valence-electron chi connectivity index (χ4n) is 2.50. The number of aryl methyl sites for hydroxylation is 1. The van der Waals surface area contributed by atoms with E-state index in [1.807, 2.05) is 49.3 Å². The second kappa shape index (κ2) is 6.23. The maximum Gasteiger partial charge on any atom is 0.419 e. The molecule has 0 aliphatic heterocycles. The number of amides is 1. The number of carbonyl (C=O) groups is 1. The summed E-state index contributed by atoms with van der Waals surface area (Å²) < 4.78 is 6.61. The molecule has 24 heavy (non-hydrogen) atoms. The summed E-state index contributed by atoms with van der Waals surface area (Å²) in [5, 5.41) is 2.88.